The molecular weight excluding hydrogens is 420 g/mol. The SMILES string of the molecule is OCC1(c2ccc(-c3nc4cc(O[C@@H]5CO[C@H]6[C@@H]5OC[C@H]6O)[nH]c4cc3Cl)cc2)CC1. The predicted octanol–water partition coefficient (Wildman–Crippen LogP) is 2.81. The van der Waals surface area contributed by atoms with Crippen molar-refractivity contribution in [1.82, 2.24) is 9.97 Å². The van der Waals surface area contributed by atoms with E-state index in [0.717, 1.165) is 35.0 Å². The number of benzene rings is 1. The molecule has 2 saturated heterocycles. The van der Waals surface area contributed by atoms with Crippen LogP contribution in [0.15, 0.2) is 36.4 Å². The maximum absolute atomic E-state index is 9.90. The van der Waals surface area contributed by atoms with Crippen molar-refractivity contribution >= 4 is 22.6 Å². The summed E-state index contributed by atoms with van der Waals surface area (Å²) >= 11 is 6.54. The third-order valence-corrected chi connectivity index (χ3v) is 7.01. The van der Waals surface area contributed by atoms with E-state index in [0.29, 0.717) is 23.2 Å². The maximum atomic E-state index is 9.90. The first kappa shape index (κ1) is 19.5. The first-order valence-corrected chi connectivity index (χ1v) is 10.9. The number of fused-ring (bicyclic) bond motifs is 2. The Balaban J connectivity index is 1.26. The number of halogens is 1. The van der Waals surface area contributed by atoms with Gasteiger partial charge in [-0.05, 0) is 24.5 Å². The zero-order valence-corrected chi connectivity index (χ0v) is 17.5. The molecule has 0 radical (unpaired) electrons. The van der Waals surface area contributed by atoms with Crippen LogP contribution in [-0.2, 0) is 14.9 Å². The lowest BCUT2D eigenvalue weighted by Crippen LogP contribution is -2.34. The number of nitrogens with one attached hydrogen (secondary N) is 1. The molecule has 4 atom stereocenters. The third kappa shape index (κ3) is 3.23. The zero-order chi connectivity index (χ0) is 21.2. The van der Waals surface area contributed by atoms with Gasteiger partial charge in [0, 0.05) is 17.0 Å². The van der Waals surface area contributed by atoms with Crippen LogP contribution in [0.3, 0.4) is 0 Å². The van der Waals surface area contributed by atoms with Gasteiger partial charge in [-0.15, -0.1) is 0 Å². The fourth-order valence-electron chi connectivity index (χ4n) is 4.65. The number of hydrogen-bond donors (Lipinski definition) is 3. The molecule has 0 unspecified atom stereocenters. The second kappa shape index (κ2) is 7.18. The number of hydrogen-bond acceptors (Lipinski definition) is 6. The lowest BCUT2D eigenvalue weighted by Gasteiger charge is -2.16. The molecule has 1 aromatic carbocycles. The van der Waals surface area contributed by atoms with Crippen LogP contribution in [-0.4, -0.2) is 64.4 Å². The van der Waals surface area contributed by atoms with E-state index in [1.54, 1.807) is 0 Å². The van der Waals surface area contributed by atoms with E-state index in [2.05, 4.69) is 17.1 Å². The first-order valence-electron chi connectivity index (χ1n) is 10.6. The average Bonchev–Trinajstić information content (AvgIpc) is 3.12. The van der Waals surface area contributed by atoms with Gasteiger partial charge in [-0.2, -0.15) is 0 Å². The highest BCUT2D eigenvalue weighted by Crippen LogP contribution is 2.48. The van der Waals surface area contributed by atoms with Crippen LogP contribution < -0.4 is 4.74 Å². The highest BCUT2D eigenvalue weighted by molar-refractivity contribution is 6.33. The van der Waals surface area contributed by atoms with E-state index in [9.17, 15) is 10.2 Å². The summed E-state index contributed by atoms with van der Waals surface area (Å²) in [6, 6.07) is 11.8. The Kier molecular flexibility index (Phi) is 4.52. The van der Waals surface area contributed by atoms with Gasteiger partial charge in [0.2, 0.25) is 0 Å². The van der Waals surface area contributed by atoms with Crippen molar-refractivity contribution < 1.29 is 24.4 Å². The van der Waals surface area contributed by atoms with Gasteiger partial charge < -0.3 is 29.4 Å². The summed E-state index contributed by atoms with van der Waals surface area (Å²) < 4.78 is 17.3. The van der Waals surface area contributed by atoms with Crippen molar-refractivity contribution in [3.05, 3.63) is 47.0 Å². The van der Waals surface area contributed by atoms with Gasteiger partial charge in [0.1, 0.15) is 18.3 Å². The van der Waals surface area contributed by atoms with E-state index in [4.69, 9.17) is 30.8 Å². The minimum atomic E-state index is -0.608. The number of aromatic nitrogens is 2. The summed E-state index contributed by atoms with van der Waals surface area (Å²) in [7, 11) is 0. The van der Waals surface area contributed by atoms with Crippen LogP contribution in [0.1, 0.15) is 18.4 Å². The molecule has 4 heterocycles. The zero-order valence-electron chi connectivity index (χ0n) is 16.8. The second-order valence-corrected chi connectivity index (χ2v) is 9.13. The Bertz CT molecular complexity index is 1130. The summed E-state index contributed by atoms with van der Waals surface area (Å²) in [4.78, 5) is 7.96. The van der Waals surface area contributed by atoms with Gasteiger partial charge in [-0.3, -0.25) is 0 Å². The number of aliphatic hydroxyl groups is 2. The molecule has 1 aliphatic carbocycles. The summed E-state index contributed by atoms with van der Waals surface area (Å²) in [5, 5.41) is 20.1. The van der Waals surface area contributed by atoms with Crippen molar-refractivity contribution in [2.45, 2.75) is 42.7 Å². The van der Waals surface area contributed by atoms with Crippen LogP contribution in [0.5, 0.6) is 5.88 Å². The Hall–Kier alpha value is -2.16. The molecule has 2 aliphatic heterocycles. The normalized spacial score (nSPS) is 28.7. The lowest BCUT2D eigenvalue weighted by molar-refractivity contribution is 0.00794. The van der Waals surface area contributed by atoms with Crippen LogP contribution in [0.2, 0.25) is 5.02 Å². The van der Waals surface area contributed by atoms with Gasteiger partial charge in [0.05, 0.1) is 41.6 Å². The number of H-pyrrole nitrogens is 1. The molecule has 31 heavy (non-hydrogen) atoms. The minimum absolute atomic E-state index is 0.0609. The molecule has 8 heteroatoms. The summed E-state index contributed by atoms with van der Waals surface area (Å²) in [5.74, 6) is 0.559. The number of rotatable bonds is 5. The number of nitrogens with zero attached hydrogens (tertiary/aromatic N) is 1. The third-order valence-electron chi connectivity index (χ3n) is 6.72. The largest absolute Gasteiger partial charge is 0.470 e. The van der Waals surface area contributed by atoms with Crippen molar-refractivity contribution in [2.75, 3.05) is 19.8 Å². The van der Waals surface area contributed by atoms with Crippen molar-refractivity contribution in [1.29, 1.82) is 0 Å². The molecule has 0 spiro atoms. The van der Waals surface area contributed by atoms with Gasteiger partial charge in [-0.1, -0.05) is 35.9 Å². The van der Waals surface area contributed by atoms with E-state index >= 15 is 0 Å². The van der Waals surface area contributed by atoms with E-state index < -0.39 is 6.10 Å². The number of aromatic amines is 1. The van der Waals surface area contributed by atoms with Crippen LogP contribution in [0, 0.1) is 0 Å². The van der Waals surface area contributed by atoms with Gasteiger partial charge in [0.15, 0.2) is 12.0 Å². The molecule has 1 saturated carbocycles. The number of pyridine rings is 1. The van der Waals surface area contributed by atoms with E-state index in [-0.39, 0.29) is 36.9 Å². The molecule has 3 fully saturated rings. The second-order valence-electron chi connectivity index (χ2n) is 8.72. The summed E-state index contributed by atoms with van der Waals surface area (Å²) in [6.07, 6.45) is 0.537. The van der Waals surface area contributed by atoms with E-state index in [1.807, 2.05) is 24.3 Å². The highest BCUT2D eigenvalue weighted by atomic mass is 35.5. The Labute approximate surface area is 183 Å². The maximum Gasteiger partial charge on any atom is 0.193 e. The van der Waals surface area contributed by atoms with Crippen molar-refractivity contribution in [3.63, 3.8) is 0 Å². The van der Waals surface area contributed by atoms with Gasteiger partial charge in [-0.25, -0.2) is 4.98 Å². The minimum Gasteiger partial charge on any atom is -0.470 e. The Morgan fingerprint density at radius 1 is 1.13 bits per heavy atom. The molecule has 7 nitrogen and oxygen atoms in total. The highest BCUT2D eigenvalue weighted by Gasteiger charge is 2.48. The smallest absolute Gasteiger partial charge is 0.193 e. The molecule has 6 rings (SSSR count). The van der Waals surface area contributed by atoms with Crippen molar-refractivity contribution in [2.24, 2.45) is 0 Å². The van der Waals surface area contributed by atoms with Gasteiger partial charge >= 0.3 is 0 Å². The average molecular weight is 443 g/mol. The van der Waals surface area contributed by atoms with E-state index in [1.165, 1.54) is 0 Å². The molecule has 3 aromatic rings. The molecule has 0 amide bonds. The molecule has 3 N–H and O–H groups in total. The molecule has 162 valence electrons. The van der Waals surface area contributed by atoms with Crippen molar-refractivity contribution in [3.8, 4) is 17.1 Å². The van der Waals surface area contributed by atoms with Crippen LogP contribution in [0.25, 0.3) is 22.3 Å². The molecular formula is C23H23ClN2O5. The fraction of sp³-hybridized carbons (Fsp3) is 0.435. The standard InChI is InChI=1S/C23H23ClN2O5/c24-14-7-15-16(8-19(25-15)31-18-10-30-21-17(28)9-29-22(18)21)26-20(14)12-1-3-13(4-2-12)23(11-27)5-6-23/h1-4,7-8,17-18,21-22,25,27-28H,5-6,9-11H2/t17-,18-,21-,22-/m1/s1. The Morgan fingerprint density at radius 3 is 2.65 bits per heavy atom. The monoisotopic (exact) mass is 442 g/mol. The predicted molar refractivity (Wildman–Crippen MR) is 114 cm³/mol. The number of aliphatic hydroxyl groups excluding tert-OH is 2. The molecule has 2 aromatic heterocycles. The summed E-state index contributed by atoms with van der Waals surface area (Å²) in [5.41, 5.74) is 4.25. The fourth-order valence-corrected chi connectivity index (χ4v) is 4.91. The lowest BCUT2D eigenvalue weighted by atomic mass is 9.95. The molecule has 3 aliphatic rings. The van der Waals surface area contributed by atoms with Gasteiger partial charge in [0.25, 0.3) is 0 Å². The topological polar surface area (TPSA) is 96.8 Å². The number of ether oxygens (including phenoxy) is 3. The van der Waals surface area contributed by atoms with Crippen LogP contribution in [0.4, 0.5) is 0 Å². The molecule has 0 bridgehead atoms. The summed E-state index contributed by atoms with van der Waals surface area (Å²) in [6.45, 7) is 0.810. The van der Waals surface area contributed by atoms with Crippen LogP contribution >= 0.6 is 11.6 Å². The first-order chi connectivity index (χ1) is 15.1. The Morgan fingerprint density at radius 2 is 1.90 bits per heavy atom. The quantitative estimate of drug-likeness (QED) is 0.562.